The molecule has 0 amide bonds. The van der Waals surface area contributed by atoms with Gasteiger partial charge in [0, 0.05) is 18.0 Å². The topological polar surface area (TPSA) is 61.3 Å². The average Bonchev–Trinajstić information content (AvgIpc) is 3.08. The van der Waals surface area contributed by atoms with Gasteiger partial charge < -0.3 is 9.47 Å². The van der Waals surface area contributed by atoms with E-state index in [0.29, 0.717) is 23.8 Å². The SMILES string of the molecule is CCOc1ccc(-c2nc(C)c(C(=O)OCCCc3cccnc3)s2)cc1. The summed E-state index contributed by atoms with van der Waals surface area (Å²) in [5, 5.41) is 0.804. The fourth-order valence-electron chi connectivity index (χ4n) is 2.62. The molecule has 0 spiro atoms. The summed E-state index contributed by atoms with van der Waals surface area (Å²) in [7, 11) is 0. The van der Waals surface area contributed by atoms with Crippen LogP contribution < -0.4 is 4.74 Å². The molecular weight excluding hydrogens is 360 g/mol. The first kappa shape index (κ1) is 19.0. The lowest BCUT2D eigenvalue weighted by atomic mass is 10.2. The summed E-state index contributed by atoms with van der Waals surface area (Å²) in [6.45, 7) is 4.80. The second-order valence-corrected chi connectivity index (χ2v) is 6.99. The first-order chi connectivity index (χ1) is 13.2. The van der Waals surface area contributed by atoms with E-state index < -0.39 is 0 Å². The van der Waals surface area contributed by atoms with Crippen molar-refractivity contribution in [2.24, 2.45) is 0 Å². The Balaban J connectivity index is 1.57. The van der Waals surface area contributed by atoms with Gasteiger partial charge in [-0.1, -0.05) is 6.07 Å². The van der Waals surface area contributed by atoms with E-state index in [1.807, 2.05) is 56.4 Å². The smallest absolute Gasteiger partial charge is 0.350 e. The Labute approximate surface area is 163 Å². The number of esters is 1. The van der Waals surface area contributed by atoms with Crippen molar-refractivity contribution in [3.05, 3.63) is 64.9 Å². The van der Waals surface area contributed by atoms with Crippen LogP contribution in [-0.2, 0) is 11.2 Å². The number of ether oxygens (including phenoxy) is 2. The number of carbonyl (C=O) groups excluding carboxylic acids is 1. The number of rotatable bonds is 8. The number of carbonyl (C=O) groups is 1. The highest BCUT2D eigenvalue weighted by atomic mass is 32.1. The molecule has 1 aromatic carbocycles. The van der Waals surface area contributed by atoms with E-state index in [0.717, 1.165) is 34.7 Å². The van der Waals surface area contributed by atoms with Crippen molar-refractivity contribution in [3.8, 4) is 16.3 Å². The molecule has 0 unspecified atom stereocenters. The molecule has 0 saturated heterocycles. The summed E-state index contributed by atoms with van der Waals surface area (Å²) in [6.07, 6.45) is 5.18. The van der Waals surface area contributed by atoms with Crippen molar-refractivity contribution in [2.75, 3.05) is 13.2 Å². The van der Waals surface area contributed by atoms with Crippen molar-refractivity contribution in [3.63, 3.8) is 0 Å². The summed E-state index contributed by atoms with van der Waals surface area (Å²) in [4.78, 5) is 21.5. The summed E-state index contributed by atoms with van der Waals surface area (Å²) in [6, 6.07) is 11.6. The van der Waals surface area contributed by atoms with E-state index in [2.05, 4.69) is 9.97 Å². The molecule has 0 fully saturated rings. The third-order valence-corrected chi connectivity index (χ3v) is 5.15. The number of thiazole rings is 1. The molecule has 2 heterocycles. The Morgan fingerprint density at radius 3 is 2.70 bits per heavy atom. The molecule has 0 aliphatic carbocycles. The monoisotopic (exact) mass is 382 g/mol. The zero-order chi connectivity index (χ0) is 19.1. The largest absolute Gasteiger partial charge is 0.494 e. The van der Waals surface area contributed by atoms with Crippen LogP contribution in [0, 0.1) is 6.92 Å². The molecule has 2 aromatic heterocycles. The summed E-state index contributed by atoms with van der Waals surface area (Å²) in [5.74, 6) is 0.510. The first-order valence-corrected chi connectivity index (χ1v) is 9.75. The van der Waals surface area contributed by atoms with Crippen LogP contribution >= 0.6 is 11.3 Å². The molecule has 0 aliphatic heterocycles. The van der Waals surface area contributed by atoms with Gasteiger partial charge in [-0.25, -0.2) is 9.78 Å². The zero-order valence-electron chi connectivity index (χ0n) is 15.5. The van der Waals surface area contributed by atoms with Gasteiger partial charge in [0.15, 0.2) is 0 Å². The molecule has 140 valence electrons. The number of hydrogen-bond donors (Lipinski definition) is 0. The zero-order valence-corrected chi connectivity index (χ0v) is 16.3. The van der Waals surface area contributed by atoms with Gasteiger partial charge in [-0.15, -0.1) is 11.3 Å². The molecule has 0 N–H and O–H groups in total. The number of aromatic nitrogens is 2. The van der Waals surface area contributed by atoms with Crippen LogP contribution in [0.1, 0.15) is 34.3 Å². The summed E-state index contributed by atoms with van der Waals surface area (Å²) >= 11 is 1.36. The highest BCUT2D eigenvalue weighted by Gasteiger charge is 2.17. The van der Waals surface area contributed by atoms with Crippen LogP contribution in [0.3, 0.4) is 0 Å². The van der Waals surface area contributed by atoms with Crippen LogP contribution in [0.2, 0.25) is 0 Å². The Hall–Kier alpha value is -2.73. The van der Waals surface area contributed by atoms with Crippen LogP contribution in [-0.4, -0.2) is 29.2 Å². The van der Waals surface area contributed by atoms with E-state index in [1.165, 1.54) is 11.3 Å². The quantitative estimate of drug-likeness (QED) is 0.417. The number of nitrogens with zero attached hydrogens (tertiary/aromatic N) is 2. The molecule has 0 aliphatic rings. The molecule has 27 heavy (non-hydrogen) atoms. The average molecular weight is 382 g/mol. The fourth-order valence-corrected chi connectivity index (χ4v) is 3.59. The molecular formula is C21H22N2O3S. The highest BCUT2D eigenvalue weighted by molar-refractivity contribution is 7.17. The maximum atomic E-state index is 12.4. The molecule has 0 radical (unpaired) electrons. The van der Waals surface area contributed by atoms with E-state index in [-0.39, 0.29) is 5.97 Å². The van der Waals surface area contributed by atoms with Crippen molar-refractivity contribution < 1.29 is 14.3 Å². The Bertz CT molecular complexity index is 876. The first-order valence-electron chi connectivity index (χ1n) is 8.94. The van der Waals surface area contributed by atoms with Gasteiger partial charge in [0.25, 0.3) is 0 Å². The Morgan fingerprint density at radius 2 is 2.00 bits per heavy atom. The normalized spacial score (nSPS) is 10.6. The van der Waals surface area contributed by atoms with Gasteiger partial charge in [0.05, 0.1) is 18.9 Å². The van der Waals surface area contributed by atoms with E-state index in [4.69, 9.17) is 9.47 Å². The van der Waals surface area contributed by atoms with Crippen molar-refractivity contribution in [2.45, 2.75) is 26.7 Å². The maximum absolute atomic E-state index is 12.4. The van der Waals surface area contributed by atoms with Crippen LogP contribution in [0.15, 0.2) is 48.8 Å². The summed E-state index contributed by atoms with van der Waals surface area (Å²) < 4.78 is 10.9. The molecule has 0 bridgehead atoms. The predicted molar refractivity (Wildman–Crippen MR) is 106 cm³/mol. The van der Waals surface area contributed by atoms with Gasteiger partial charge in [0.1, 0.15) is 15.6 Å². The molecule has 6 heteroatoms. The van der Waals surface area contributed by atoms with E-state index >= 15 is 0 Å². The van der Waals surface area contributed by atoms with E-state index in [9.17, 15) is 4.79 Å². The third kappa shape index (κ3) is 5.14. The molecule has 3 aromatic rings. The molecule has 3 rings (SSSR count). The molecule has 0 saturated carbocycles. The molecule has 0 atom stereocenters. The highest BCUT2D eigenvalue weighted by Crippen LogP contribution is 2.29. The van der Waals surface area contributed by atoms with Crippen molar-refractivity contribution in [1.82, 2.24) is 9.97 Å². The lowest BCUT2D eigenvalue weighted by molar-refractivity contribution is 0.0505. The van der Waals surface area contributed by atoms with Gasteiger partial charge in [0.2, 0.25) is 0 Å². The van der Waals surface area contributed by atoms with Crippen LogP contribution in [0.25, 0.3) is 10.6 Å². The minimum atomic E-state index is -0.312. The Morgan fingerprint density at radius 1 is 1.19 bits per heavy atom. The fraction of sp³-hybridized carbons (Fsp3) is 0.286. The van der Waals surface area contributed by atoms with Gasteiger partial charge in [-0.05, 0) is 62.6 Å². The van der Waals surface area contributed by atoms with Gasteiger partial charge in [-0.2, -0.15) is 0 Å². The van der Waals surface area contributed by atoms with Gasteiger partial charge >= 0.3 is 5.97 Å². The second kappa shape index (κ2) is 9.28. The van der Waals surface area contributed by atoms with Crippen LogP contribution in [0.4, 0.5) is 0 Å². The maximum Gasteiger partial charge on any atom is 0.350 e. The minimum absolute atomic E-state index is 0.312. The second-order valence-electron chi connectivity index (χ2n) is 5.99. The number of aryl methyl sites for hydroxylation is 2. The standard InChI is InChI=1S/C21H22N2O3S/c1-3-25-18-10-8-17(9-11-18)20-23-15(2)19(27-20)21(24)26-13-5-7-16-6-4-12-22-14-16/h4,6,8-12,14H,3,5,7,13H2,1-2H3. The third-order valence-electron chi connectivity index (χ3n) is 3.96. The lowest BCUT2D eigenvalue weighted by Gasteiger charge is -2.04. The van der Waals surface area contributed by atoms with E-state index in [1.54, 1.807) is 6.20 Å². The van der Waals surface area contributed by atoms with Crippen molar-refractivity contribution >= 4 is 17.3 Å². The minimum Gasteiger partial charge on any atom is -0.494 e. The lowest BCUT2D eigenvalue weighted by Crippen LogP contribution is -2.06. The number of benzene rings is 1. The summed E-state index contributed by atoms with van der Waals surface area (Å²) in [5.41, 5.74) is 2.80. The number of pyridine rings is 1. The van der Waals surface area contributed by atoms with Crippen molar-refractivity contribution in [1.29, 1.82) is 0 Å². The Kier molecular flexibility index (Phi) is 6.54. The number of hydrogen-bond acceptors (Lipinski definition) is 6. The van der Waals surface area contributed by atoms with Crippen LogP contribution in [0.5, 0.6) is 5.75 Å². The molecule has 5 nitrogen and oxygen atoms in total. The van der Waals surface area contributed by atoms with Gasteiger partial charge in [-0.3, -0.25) is 4.98 Å². The predicted octanol–water partition coefficient (Wildman–Crippen LogP) is 4.70.